The standard InChI is InChI=1S/C15H19ClN2O/c16-13-5-2-6-14-12(13)7-8-18(14)15(19)11-4-1-3-10(11)9-17/h2,5-6,10-11H,1,3-4,7-9,17H2/t10-,11-/m1/s1. The lowest BCUT2D eigenvalue weighted by Crippen LogP contribution is -2.38. The van der Waals surface area contributed by atoms with Crippen LogP contribution in [0.5, 0.6) is 0 Å². The van der Waals surface area contributed by atoms with Crippen LogP contribution < -0.4 is 10.6 Å². The molecule has 3 nitrogen and oxygen atoms in total. The number of nitrogens with two attached hydrogens (primary N) is 1. The quantitative estimate of drug-likeness (QED) is 0.904. The van der Waals surface area contributed by atoms with E-state index >= 15 is 0 Å². The Bertz CT molecular complexity index is 503. The highest BCUT2D eigenvalue weighted by atomic mass is 35.5. The van der Waals surface area contributed by atoms with Gasteiger partial charge in [0.1, 0.15) is 0 Å². The van der Waals surface area contributed by atoms with Crippen LogP contribution in [0.25, 0.3) is 0 Å². The highest BCUT2D eigenvalue weighted by molar-refractivity contribution is 6.32. The molecule has 0 spiro atoms. The van der Waals surface area contributed by atoms with Crippen molar-refractivity contribution in [2.45, 2.75) is 25.7 Å². The Hall–Kier alpha value is -1.06. The SMILES string of the molecule is NC[C@H]1CCC[C@H]1C(=O)N1CCc2c(Cl)cccc21. The number of hydrogen-bond donors (Lipinski definition) is 1. The molecule has 2 N–H and O–H groups in total. The van der Waals surface area contributed by atoms with Crippen molar-refractivity contribution in [3.05, 3.63) is 28.8 Å². The van der Waals surface area contributed by atoms with E-state index in [0.29, 0.717) is 12.5 Å². The van der Waals surface area contributed by atoms with Crippen LogP contribution in [0, 0.1) is 11.8 Å². The average Bonchev–Trinajstić information content (AvgIpc) is 3.05. The van der Waals surface area contributed by atoms with Crippen molar-refractivity contribution >= 4 is 23.2 Å². The van der Waals surface area contributed by atoms with E-state index in [1.807, 2.05) is 23.1 Å². The Morgan fingerprint density at radius 1 is 1.42 bits per heavy atom. The number of amides is 1. The zero-order chi connectivity index (χ0) is 13.4. The smallest absolute Gasteiger partial charge is 0.230 e. The molecule has 0 unspecified atom stereocenters. The number of rotatable bonds is 2. The normalized spacial score (nSPS) is 25.7. The fourth-order valence-corrected chi connectivity index (χ4v) is 3.73. The number of benzene rings is 1. The summed E-state index contributed by atoms with van der Waals surface area (Å²) in [6.45, 7) is 1.37. The van der Waals surface area contributed by atoms with Gasteiger partial charge in [-0.05, 0) is 49.4 Å². The molecule has 1 fully saturated rings. The zero-order valence-corrected chi connectivity index (χ0v) is 11.7. The third-order valence-electron chi connectivity index (χ3n) is 4.52. The van der Waals surface area contributed by atoms with Gasteiger partial charge in [-0.15, -0.1) is 0 Å². The van der Waals surface area contributed by atoms with Gasteiger partial charge in [0.2, 0.25) is 5.91 Å². The minimum Gasteiger partial charge on any atom is -0.330 e. The highest BCUT2D eigenvalue weighted by Gasteiger charge is 2.37. The molecule has 0 saturated heterocycles. The maximum atomic E-state index is 12.7. The molecule has 102 valence electrons. The van der Waals surface area contributed by atoms with Crippen LogP contribution in [-0.4, -0.2) is 19.0 Å². The first-order chi connectivity index (χ1) is 9.22. The van der Waals surface area contributed by atoms with Crippen molar-refractivity contribution in [2.75, 3.05) is 18.0 Å². The summed E-state index contributed by atoms with van der Waals surface area (Å²) in [5, 5.41) is 0.773. The number of carbonyl (C=O) groups is 1. The minimum atomic E-state index is 0.106. The number of fused-ring (bicyclic) bond motifs is 1. The van der Waals surface area contributed by atoms with Gasteiger partial charge in [-0.3, -0.25) is 4.79 Å². The lowest BCUT2D eigenvalue weighted by atomic mass is 9.94. The van der Waals surface area contributed by atoms with Crippen LogP contribution in [0.4, 0.5) is 5.69 Å². The largest absolute Gasteiger partial charge is 0.330 e. The molecule has 1 aromatic rings. The van der Waals surface area contributed by atoms with Crippen LogP contribution in [-0.2, 0) is 11.2 Å². The minimum absolute atomic E-state index is 0.106. The van der Waals surface area contributed by atoms with Crippen molar-refractivity contribution < 1.29 is 4.79 Å². The molecule has 1 aromatic carbocycles. The Kier molecular flexibility index (Phi) is 3.50. The molecule has 1 amide bonds. The number of hydrogen-bond acceptors (Lipinski definition) is 2. The molecule has 2 aliphatic rings. The number of nitrogens with zero attached hydrogens (tertiary/aromatic N) is 1. The van der Waals surface area contributed by atoms with E-state index in [-0.39, 0.29) is 11.8 Å². The van der Waals surface area contributed by atoms with E-state index in [2.05, 4.69) is 0 Å². The van der Waals surface area contributed by atoms with E-state index in [1.54, 1.807) is 0 Å². The van der Waals surface area contributed by atoms with Crippen molar-refractivity contribution in [1.82, 2.24) is 0 Å². The Balaban J connectivity index is 1.85. The van der Waals surface area contributed by atoms with Crippen LogP contribution in [0.15, 0.2) is 18.2 Å². The van der Waals surface area contributed by atoms with Gasteiger partial charge in [-0.25, -0.2) is 0 Å². The van der Waals surface area contributed by atoms with Gasteiger partial charge >= 0.3 is 0 Å². The summed E-state index contributed by atoms with van der Waals surface area (Å²) in [5.41, 5.74) is 7.90. The molecule has 1 aliphatic carbocycles. The van der Waals surface area contributed by atoms with Gasteiger partial charge in [-0.2, -0.15) is 0 Å². The first-order valence-electron chi connectivity index (χ1n) is 7.01. The topological polar surface area (TPSA) is 46.3 Å². The number of carbonyl (C=O) groups excluding carboxylic acids is 1. The Morgan fingerprint density at radius 2 is 2.26 bits per heavy atom. The monoisotopic (exact) mass is 278 g/mol. The van der Waals surface area contributed by atoms with E-state index in [9.17, 15) is 4.79 Å². The van der Waals surface area contributed by atoms with Crippen molar-refractivity contribution in [2.24, 2.45) is 17.6 Å². The number of anilines is 1. The zero-order valence-electron chi connectivity index (χ0n) is 10.9. The van der Waals surface area contributed by atoms with Crippen LogP contribution in [0.2, 0.25) is 5.02 Å². The maximum Gasteiger partial charge on any atom is 0.230 e. The summed E-state index contributed by atoms with van der Waals surface area (Å²) < 4.78 is 0. The van der Waals surface area contributed by atoms with E-state index in [4.69, 9.17) is 17.3 Å². The van der Waals surface area contributed by atoms with Crippen molar-refractivity contribution in [3.8, 4) is 0 Å². The molecule has 0 aromatic heterocycles. The molecular formula is C15H19ClN2O. The third-order valence-corrected chi connectivity index (χ3v) is 4.87. The highest BCUT2D eigenvalue weighted by Crippen LogP contribution is 2.38. The summed E-state index contributed by atoms with van der Waals surface area (Å²) in [6.07, 6.45) is 4.05. The summed E-state index contributed by atoms with van der Waals surface area (Å²) >= 11 is 6.20. The second-order valence-electron chi connectivity index (χ2n) is 5.51. The fourth-order valence-electron chi connectivity index (χ4n) is 3.46. The Labute approximate surface area is 118 Å². The van der Waals surface area contributed by atoms with Gasteiger partial charge in [0.05, 0.1) is 0 Å². The second-order valence-corrected chi connectivity index (χ2v) is 5.92. The van der Waals surface area contributed by atoms with E-state index in [0.717, 1.165) is 48.5 Å². The average molecular weight is 279 g/mol. The van der Waals surface area contributed by atoms with Gasteiger partial charge in [-0.1, -0.05) is 24.1 Å². The second kappa shape index (κ2) is 5.14. The van der Waals surface area contributed by atoms with Gasteiger partial charge in [0.25, 0.3) is 0 Å². The van der Waals surface area contributed by atoms with Gasteiger partial charge in [0, 0.05) is 23.2 Å². The summed E-state index contributed by atoms with van der Waals surface area (Å²) in [7, 11) is 0. The number of halogens is 1. The maximum absolute atomic E-state index is 12.7. The Morgan fingerprint density at radius 3 is 3.05 bits per heavy atom. The predicted octanol–water partition coefficient (Wildman–Crippen LogP) is 2.60. The third kappa shape index (κ3) is 2.15. The fraction of sp³-hybridized carbons (Fsp3) is 0.533. The summed E-state index contributed by atoms with van der Waals surface area (Å²) in [5.74, 6) is 0.708. The molecular weight excluding hydrogens is 260 g/mol. The molecule has 0 radical (unpaired) electrons. The molecule has 4 heteroatoms. The molecule has 1 heterocycles. The van der Waals surface area contributed by atoms with E-state index in [1.165, 1.54) is 0 Å². The van der Waals surface area contributed by atoms with Crippen LogP contribution in [0.3, 0.4) is 0 Å². The lowest BCUT2D eigenvalue weighted by Gasteiger charge is -2.24. The van der Waals surface area contributed by atoms with Crippen molar-refractivity contribution in [1.29, 1.82) is 0 Å². The predicted molar refractivity (Wildman–Crippen MR) is 77.4 cm³/mol. The van der Waals surface area contributed by atoms with Crippen molar-refractivity contribution in [3.63, 3.8) is 0 Å². The van der Waals surface area contributed by atoms with Gasteiger partial charge in [0.15, 0.2) is 0 Å². The summed E-state index contributed by atoms with van der Waals surface area (Å²) in [4.78, 5) is 14.6. The molecule has 19 heavy (non-hydrogen) atoms. The molecule has 3 rings (SSSR count). The van der Waals surface area contributed by atoms with Crippen LogP contribution >= 0.6 is 11.6 Å². The molecule has 0 bridgehead atoms. The molecule has 1 aliphatic heterocycles. The lowest BCUT2D eigenvalue weighted by molar-refractivity contribution is -0.123. The molecule has 1 saturated carbocycles. The van der Waals surface area contributed by atoms with Crippen LogP contribution in [0.1, 0.15) is 24.8 Å². The first-order valence-corrected chi connectivity index (χ1v) is 7.39. The molecule has 2 atom stereocenters. The first kappa shape index (κ1) is 12.9. The van der Waals surface area contributed by atoms with E-state index < -0.39 is 0 Å². The van der Waals surface area contributed by atoms with Gasteiger partial charge < -0.3 is 10.6 Å². The summed E-state index contributed by atoms with van der Waals surface area (Å²) in [6, 6.07) is 5.81.